The summed E-state index contributed by atoms with van der Waals surface area (Å²) in [4.78, 5) is 0. The van der Waals surface area contributed by atoms with Crippen LogP contribution in [-0.2, 0) is 0 Å². The van der Waals surface area contributed by atoms with Crippen LogP contribution in [0.3, 0.4) is 0 Å². The minimum Gasteiger partial charge on any atom is -0.506 e. The van der Waals surface area contributed by atoms with Crippen LogP contribution in [0.2, 0.25) is 5.02 Å². The highest BCUT2D eigenvalue weighted by Crippen LogP contribution is 2.27. The summed E-state index contributed by atoms with van der Waals surface area (Å²) in [5.41, 5.74) is 0.249. The normalized spacial score (nSPS) is 9.64. The molecule has 1 aromatic rings. The van der Waals surface area contributed by atoms with Crippen LogP contribution in [-0.4, -0.2) is 10.3 Å². The second-order valence-electron chi connectivity index (χ2n) is 1.95. The van der Waals surface area contributed by atoms with Gasteiger partial charge in [0.05, 0.1) is 10.6 Å². The molecule has 0 aliphatic carbocycles. The fourth-order valence-corrected chi connectivity index (χ4v) is 1.02. The summed E-state index contributed by atoms with van der Waals surface area (Å²) >= 11 is 10.9. The predicted octanol–water partition coefficient (Wildman–Crippen LogP) is 2.61. The molecule has 4 heteroatoms. The third-order valence-electron chi connectivity index (χ3n) is 1.22. The topological polar surface area (TPSA) is 44.1 Å². The van der Waals surface area contributed by atoms with Crippen molar-refractivity contribution in [1.82, 2.24) is 0 Å². The van der Waals surface area contributed by atoms with Crippen molar-refractivity contribution in [3.8, 4) is 5.75 Å². The fourth-order valence-electron chi connectivity index (χ4n) is 0.692. The van der Waals surface area contributed by atoms with E-state index in [0.717, 1.165) is 0 Å². The molecule has 0 radical (unpaired) electrons. The van der Waals surface area contributed by atoms with Gasteiger partial charge < -0.3 is 5.11 Å². The van der Waals surface area contributed by atoms with Gasteiger partial charge in [-0.1, -0.05) is 29.3 Å². The number of para-hydroxylation sites is 1. The van der Waals surface area contributed by atoms with E-state index in [1.165, 1.54) is 12.1 Å². The lowest BCUT2D eigenvalue weighted by Gasteiger charge is -2.00. The van der Waals surface area contributed by atoms with Crippen LogP contribution >= 0.6 is 23.2 Å². The summed E-state index contributed by atoms with van der Waals surface area (Å²) in [6, 6.07) is 4.67. The first kappa shape index (κ1) is 8.37. The number of phenolic OH excluding ortho intramolecular Hbond substituents is 1. The molecule has 0 bridgehead atoms. The minimum absolute atomic E-state index is 0.144. The van der Waals surface area contributed by atoms with Gasteiger partial charge >= 0.3 is 0 Å². The Morgan fingerprint density at radius 1 is 1.45 bits per heavy atom. The number of nitrogens with one attached hydrogen (secondary N) is 1. The van der Waals surface area contributed by atoms with Crippen LogP contribution in [0, 0.1) is 5.41 Å². The second-order valence-corrected chi connectivity index (χ2v) is 2.74. The van der Waals surface area contributed by atoms with Crippen molar-refractivity contribution in [2.45, 2.75) is 0 Å². The van der Waals surface area contributed by atoms with Crippen molar-refractivity contribution >= 4 is 28.4 Å². The minimum atomic E-state index is -0.218. The van der Waals surface area contributed by atoms with Crippen LogP contribution < -0.4 is 0 Å². The summed E-state index contributed by atoms with van der Waals surface area (Å²) in [5, 5.41) is 16.2. The first-order chi connectivity index (χ1) is 5.13. The van der Waals surface area contributed by atoms with Gasteiger partial charge in [0.15, 0.2) is 0 Å². The van der Waals surface area contributed by atoms with Crippen LogP contribution in [0.1, 0.15) is 5.56 Å². The predicted molar refractivity (Wildman–Crippen MR) is 45.8 cm³/mol. The summed E-state index contributed by atoms with van der Waals surface area (Å²) in [5.74, 6) is -0.144. The highest BCUT2D eigenvalue weighted by atomic mass is 35.5. The zero-order valence-electron chi connectivity index (χ0n) is 5.44. The summed E-state index contributed by atoms with van der Waals surface area (Å²) in [6.07, 6.45) is 0. The standard InChI is InChI=1S/C7H5Cl2NO/c8-5-3-1-2-4(6(5)11)7(9)10/h1-3,10-11H. The molecule has 0 amide bonds. The third-order valence-corrected chi connectivity index (χ3v) is 1.73. The number of benzene rings is 1. The van der Waals surface area contributed by atoms with E-state index in [1.54, 1.807) is 6.07 Å². The maximum Gasteiger partial charge on any atom is 0.144 e. The molecule has 0 aromatic heterocycles. The Hall–Kier alpha value is -0.730. The second kappa shape index (κ2) is 3.11. The lowest BCUT2D eigenvalue weighted by Crippen LogP contribution is -1.88. The highest BCUT2D eigenvalue weighted by Gasteiger charge is 2.06. The molecule has 2 N–H and O–H groups in total. The van der Waals surface area contributed by atoms with E-state index in [-0.39, 0.29) is 21.5 Å². The Balaban J connectivity index is 3.27. The van der Waals surface area contributed by atoms with Crippen LogP contribution in [0.5, 0.6) is 5.75 Å². The molecule has 0 atom stereocenters. The molecule has 0 heterocycles. The number of aromatic hydroxyl groups is 1. The van der Waals surface area contributed by atoms with Crippen LogP contribution in [0.4, 0.5) is 0 Å². The number of hydrogen-bond acceptors (Lipinski definition) is 2. The molecule has 11 heavy (non-hydrogen) atoms. The number of rotatable bonds is 1. The Morgan fingerprint density at radius 3 is 2.55 bits per heavy atom. The largest absolute Gasteiger partial charge is 0.506 e. The Bertz CT molecular complexity index is 298. The zero-order chi connectivity index (χ0) is 8.43. The maximum absolute atomic E-state index is 9.21. The summed E-state index contributed by atoms with van der Waals surface area (Å²) in [6.45, 7) is 0. The quantitative estimate of drug-likeness (QED) is 0.656. The molecular weight excluding hydrogens is 185 g/mol. The van der Waals surface area contributed by atoms with Gasteiger partial charge in [-0.3, -0.25) is 5.41 Å². The monoisotopic (exact) mass is 189 g/mol. The van der Waals surface area contributed by atoms with Crippen molar-refractivity contribution in [2.24, 2.45) is 0 Å². The lowest BCUT2D eigenvalue weighted by molar-refractivity contribution is 0.474. The van der Waals surface area contributed by atoms with Gasteiger partial charge in [0, 0.05) is 0 Å². The molecule has 0 fully saturated rings. The molecule has 1 aromatic carbocycles. The Labute approximate surface area is 73.9 Å². The van der Waals surface area contributed by atoms with Crippen molar-refractivity contribution in [3.63, 3.8) is 0 Å². The van der Waals surface area contributed by atoms with Crippen molar-refractivity contribution < 1.29 is 5.11 Å². The van der Waals surface area contributed by atoms with Gasteiger partial charge in [0.1, 0.15) is 10.9 Å². The van der Waals surface area contributed by atoms with E-state index in [4.69, 9.17) is 28.6 Å². The van der Waals surface area contributed by atoms with Gasteiger partial charge in [-0.25, -0.2) is 0 Å². The van der Waals surface area contributed by atoms with Gasteiger partial charge in [0.2, 0.25) is 0 Å². The molecule has 1 rings (SSSR count). The Morgan fingerprint density at radius 2 is 2.09 bits per heavy atom. The van der Waals surface area contributed by atoms with Crippen LogP contribution in [0.15, 0.2) is 18.2 Å². The van der Waals surface area contributed by atoms with Gasteiger partial charge in [-0.15, -0.1) is 0 Å². The molecule has 0 aliphatic rings. The van der Waals surface area contributed by atoms with E-state index in [0.29, 0.717) is 0 Å². The van der Waals surface area contributed by atoms with Crippen molar-refractivity contribution in [3.05, 3.63) is 28.8 Å². The van der Waals surface area contributed by atoms with Gasteiger partial charge in [0.25, 0.3) is 0 Å². The molecule has 0 unspecified atom stereocenters. The van der Waals surface area contributed by atoms with E-state index >= 15 is 0 Å². The number of hydrogen-bond donors (Lipinski definition) is 2. The first-order valence-electron chi connectivity index (χ1n) is 2.85. The van der Waals surface area contributed by atoms with Crippen LogP contribution in [0.25, 0.3) is 0 Å². The maximum atomic E-state index is 9.21. The fraction of sp³-hybridized carbons (Fsp3) is 0. The third kappa shape index (κ3) is 1.64. The van der Waals surface area contributed by atoms with Gasteiger partial charge in [-0.05, 0) is 12.1 Å². The molecule has 0 saturated heterocycles. The van der Waals surface area contributed by atoms with E-state index in [9.17, 15) is 5.11 Å². The first-order valence-corrected chi connectivity index (χ1v) is 3.60. The molecule has 58 valence electrons. The molecule has 0 aliphatic heterocycles. The van der Waals surface area contributed by atoms with E-state index in [1.807, 2.05) is 0 Å². The molecule has 0 saturated carbocycles. The lowest BCUT2D eigenvalue weighted by atomic mass is 10.2. The molecule has 0 spiro atoms. The highest BCUT2D eigenvalue weighted by molar-refractivity contribution is 6.69. The Kier molecular flexibility index (Phi) is 2.37. The number of halogens is 2. The smallest absolute Gasteiger partial charge is 0.144 e. The van der Waals surface area contributed by atoms with Gasteiger partial charge in [-0.2, -0.15) is 0 Å². The van der Waals surface area contributed by atoms with E-state index < -0.39 is 0 Å². The zero-order valence-corrected chi connectivity index (χ0v) is 6.95. The van der Waals surface area contributed by atoms with Crippen molar-refractivity contribution in [1.29, 1.82) is 5.41 Å². The summed E-state index contributed by atoms with van der Waals surface area (Å²) < 4.78 is 0. The molecule has 2 nitrogen and oxygen atoms in total. The summed E-state index contributed by atoms with van der Waals surface area (Å²) in [7, 11) is 0. The number of phenols is 1. The van der Waals surface area contributed by atoms with Crippen molar-refractivity contribution in [2.75, 3.05) is 0 Å². The van der Waals surface area contributed by atoms with E-state index in [2.05, 4.69) is 0 Å². The SMILES string of the molecule is N=C(Cl)c1cccc(Cl)c1O. The average Bonchev–Trinajstić information content (AvgIpc) is 1.94. The molecular formula is C7H5Cl2NO. The average molecular weight is 190 g/mol.